The summed E-state index contributed by atoms with van der Waals surface area (Å²) < 4.78 is 0. The molecule has 0 aliphatic heterocycles. The second-order valence-electron chi connectivity index (χ2n) is 19.3. The lowest BCUT2D eigenvalue weighted by Gasteiger charge is -2.18. The molecule has 0 amide bonds. The van der Waals surface area contributed by atoms with E-state index in [1.165, 1.54) is 13.0 Å². The number of aromatic nitrogens is 2. The quantitative estimate of drug-likeness (QED) is 0.0924. The first-order chi connectivity index (χ1) is 37.4. The number of aliphatic hydroxyl groups is 1. The number of para-hydroxylation sites is 2. The molecular weight excluding hydrogens is 925 g/mol. The minimum absolute atomic E-state index is 0.0161. The number of nitrogens with zero attached hydrogens (tertiary/aromatic N) is 2. The Hall–Kier alpha value is -9.77. The molecule has 0 radical (unpaired) electrons. The molecule has 0 unspecified atom stereocenters. The van der Waals surface area contributed by atoms with Crippen LogP contribution in [0.1, 0.15) is 18.9 Å². The molecule has 2 heterocycles. The van der Waals surface area contributed by atoms with Crippen molar-refractivity contribution in [2.75, 3.05) is 0 Å². The molecule has 4 nitrogen and oxygen atoms in total. The van der Waals surface area contributed by atoms with Crippen LogP contribution in [0, 0.1) is 0 Å². The van der Waals surface area contributed by atoms with E-state index in [0.29, 0.717) is 6.42 Å². The Morgan fingerprint density at radius 2 is 0.697 bits per heavy atom. The Morgan fingerprint density at radius 3 is 1.14 bits per heavy atom. The van der Waals surface area contributed by atoms with Gasteiger partial charge in [-0.05, 0) is 139 Å². The van der Waals surface area contributed by atoms with Gasteiger partial charge in [0, 0.05) is 34.4 Å². The standard InChI is InChI=1S/C72H52N2O2/c1-48(75)42-59(76)41-40-51-22-8-9-23-60(51)56-43-57(63-26-12-10-24-61(63)52-32-36-54(37-33-52)71-46-67(49-18-4-2-5-19-49)65-28-14-16-30-69(65)73-71)45-58(44-56)64-27-13-11-25-62(64)53-34-38-55(39-35-53)72-47-68(50-20-6-3-7-21-50)66-29-15-17-31-70(66)74-72/h2-39,42-47,75H,40-41H2,1H3. The normalized spacial score (nSPS) is 11.5. The fourth-order valence-electron chi connectivity index (χ4n) is 10.7. The summed E-state index contributed by atoms with van der Waals surface area (Å²) in [5.74, 6) is -0.0902. The molecule has 4 heteroatoms. The van der Waals surface area contributed by atoms with E-state index in [0.717, 1.165) is 128 Å². The van der Waals surface area contributed by atoms with Crippen LogP contribution in [-0.4, -0.2) is 20.9 Å². The van der Waals surface area contributed by atoms with Gasteiger partial charge in [0.05, 0.1) is 28.2 Å². The molecule has 0 atom stereocenters. The van der Waals surface area contributed by atoms with E-state index in [1.54, 1.807) is 0 Å². The van der Waals surface area contributed by atoms with Gasteiger partial charge in [-0.25, -0.2) is 9.97 Å². The van der Waals surface area contributed by atoms with Crippen molar-refractivity contribution in [3.05, 3.63) is 278 Å². The van der Waals surface area contributed by atoms with Crippen LogP contribution in [-0.2, 0) is 11.2 Å². The SMILES string of the molecule is CC(O)=CC(=O)CCc1ccccc1-c1cc(-c2ccccc2-c2ccc(-c3cc(-c4ccccc4)c4ccccc4n3)cc2)cc(-c2ccccc2-c2ccc(-c3cc(-c4ccccc4)c4ccccc4n3)cc2)c1. The van der Waals surface area contributed by atoms with Crippen molar-refractivity contribution < 1.29 is 9.90 Å². The molecule has 0 saturated heterocycles. The zero-order chi connectivity index (χ0) is 51.4. The summed E-state index contributed by atoms with van der Waals surface area (Å²) in [6, 6.07) is 92.3. The molecule has 1 N–H and O–H groups in total. The van der Waals surface area contributed by atoms with E-state index >= 15 is 0 Å². The highest BCUT2D eigenvalue weighted by Crippen LogP contribution is 2.42. The largest absolute Gasteiger partial charge is 0.512 e. The number of aryl methyl sites for hydroxylation is 1. The number of allylic oxidation sites excluding steroid dienone is 2. The zero-order valence-corrected chi connectivity index (χ0v) is 42.1. The van der Waals surface area contributed by atoms with Gasteiger partial charge in [-0.3, -0.25) is 4.79 Å². The number of carbonyl (C=O) groups is 1. The van der Waals surface area contributed by atoms with Crippen LogP contribution in [0.3, 0.4) is 0 Å². The fourth-order valence-corrected chi connectivity index (χ4v) is 10.7. The maximum atomic E-state index is 12.9. The van der Waals surface area contributed by atoms with Crippen molar-refractivity contribution in [1.29, 1.82) is 0 Å². The summed E-state index contributed by atoms with van der Waals surface area (Å²) in [7, 11) is 0. The number of hydrogen-bond acceptors (Lipinski definition) is 4. The monoisotopic (exact) mass is 976 g/mol. The molecule has 12 aromatic rings. The fraction of sp³-hybridized carbons (Fsp3) is 0.0417. The first kappa shape index (κ1) is 47.2. The van der Waals surface area contributed by atoms with E-state index < -0.39 is 0 Å². The maximum absolute atomic E-state index is 12.9. The molecular formula is C72H52N2O2. The molecule has 0 aliphatic rings. The van der Waals surface area contributed by atoms with Gasteiger partial charge >= 0.3 is 0 Å². The van der Waals surface area contributed by atoms with E-state index in [4.69, 9.17) is 9.97 Å². The molecule has 76 heavy (non-hydrogen) atoms. The third kappa shape index (κ3) is 9.76. The van der Waals surface area contributed by atoms with Crippen LogP contribution in [0.2, 0.25) is 0 Å². The highest BCUT2D eigenvalue weighted by Gasteiger charge is 2.18. The smallest absolute Gasteiger partial charge is 0.159 e. The number of carbonyl (C=O) groups excluding carboxylic acids is 1. The van der Waals surface area contributed by atoms with Gasteiger partial charge < -0.3 is 5.11 Å². The Morgan fingerprint density at radius 1 is 0.355 bits per heavy atom. The summed E-state index contributed by atoms with van der Waals surface area (Å²) >= 11 is 0. The van der Waals surface area contributed by atoms with Crippen LogP contribution in [0.15, 0.2) is 273 Å². The minimum atomic E-state index is -0.106. The van der Waals surface area contributed by atoms with Crippen LogP contribution in [0.25, 0.3) is 122 Å². The molecule has 10 aromatic carbocycles. The summed E-state index contributed by atoms with van der Waals surface area (Å²) in [4.78, 5) is 23.2. The van der Waals surface area contributed by atoms with Crippen LogP contribution in [0.5, 0.6) is 0 Å². The number of pyridine rings is 2. The van der Waals surface area contributed by atoms with E-state index in [1.807, 2.05) is 18.2 Å². The average Bonchev–Trinajstić information content (AvgIpc) is 3.51. The van der Waals surface area contributed by atoms with E-state index in [-0.39, 0.29) is 18.0 Å². The Labute approximate surface area is 443 Å². The predicted octanol–water partition coefficient (Wildman–Crippen LogP) is 18.7. The Balaban J connectivity index is 0.949. The van der Waals surface area contributed by atoms with Crippen molar-refractivity contribution in [1.82, 2.24) is 9.97 Å². The van der Waals surface area contributed by atoms with Crippen LogP contribution in [0.4, 0.5) is 0 Å². The summed E-state index contributed by atoms with van der Waals surface area (Å²) in [5.41, 5.74) is 22.4. The molecule has 0 fully saturated rings. The van der Waals surface area contributed by atoms with Gasteiger partial charge in [-0.1, -0.05) is 218 Å². The number of fused-ring (bicyclic) bond motifs is 2. The van der Waals surface area contributed by atoms with Crippen molar-refractivity contribution in [2.24, 2.45) is 0 Å². The first-order valence-corrected chi connectivity index (χ1v) is 25.8. The molecule has 12 rings (SSSR count). The lowest BCUT2D eigenvalue weighted by Crippen LogP contribution is -1.99. The van der Waals surface area contributed by atoms with E-state index in [2.05, 4.69) is 243 Å². The Kier molecular flexibility index (Phi) is 13.0. The number of aliphatic hydroxyl groups excluding tert-OH is 1. The topological polar surface area (TPSA) is 63.1 Å². The van der Waals surface area contributed by atoms with Gasteiger partial charge in [0.15, 0.2) is 5.78 Å². The average molecular weight is 977 g/mol. The molecule has 0 aliphatic carbocycles. The van der Waals surface area contributed by atoms with Crippen molar-refractivity contribution in [2.45, 2.75) is 19.8 Å². The van der Waals surface area contributed by atoms with Crippen molar-refractivity contribution in [3.8, 4) is 100 Å². The van der Waals surface area contributed by atoms with Crippen molar-refractivity contribution in [3.63, 3.8) is 0 Å². The second kappa shape index (κ2) is 21.0. The number of rotatable bonds is 13. The van der Waals surface area contributed by atoms with Gasteiger partial charge in [0.2, 0.25) is 0 Å². The van der Waals surface area contributed by atoms with E-state index in [9.17, 15) is 9.90 Å². The third-order valence-corrected chi connectivity index (χ3v) is 14.3. The predicted molar refractivity (Wildman–Crippen MR) is 316 cm³/mol. The lowest BCUT2D eigenvalue weighted by molar-refractivity contribution is -0.114. The molecule has 362 valence electrons. The highest BCUT2D eigenvalue weighted by atomic mass is 16.3. The van der Waals surface area contributed by atoms with Gasteiger partial charge in [-0.15, -0.1) is 0 Å². The van der Waals surface area contributed by atoms with Gasteiger partial charge in [-0.2, -0.15) is 0 Å². The van der Waals surface area contributed by atoms with Crippen LogP contribution < -0.4 is 0 Å². The third-order valence-electron chi connectivity index (χ3n) is 14.3. The molecule has 0 spiro atoms. The molecule has 2 aromatic heterocycles. The minimum Gasteiger partial charge on any atom is -0.512 e. The highest BCUT2D eigenvalue weighted by molar-refractivity contribution is 5.99. The van der Waals surface area contributed by atoms with Crippen LogP contribution >= 0.6 is 0 Å². The summed E-state index contributed by atoms with van der Waals surface area (Å²) in [6.45, 7) is 1.53. The summed E-state index contributed by atoms with van der Waals surface area (Å²) in [6.07, 6.45) is 2.13. The zero-order valence-electron chi connectivity index (χ0n) is 42.1. The number of hydrogen-bond donors (Lipinski definition) is 1. The van der Waals surface area contributed by atoms with Gasteiger partial charge in [0.25, 0.3) is 0 Å². The molecule has 0 saturated carbocycles. The number of benzene rings is 10. The van der Waals surface area contributed by atoms with Crippen molar-refractivity contribution >= 4 is 27.6 Å². The van der Waals surface area contributed by atoms with Gasteiger partial charge in [0.1, 0.15) is 0 Å². The lowest BCUT2D eigenvalue weighted by atomic mass is 9.86. The molecule has 0 bridgehead atoms. The summed E-state index contributed by atoms with van der Waals surface area (Å²) in [5, 5.41) is 12.1. The number of ketones is 1. The first-order valence-electron chi connectivity index (χ1n) is 25.8. The maximum Gasteiger partial charge on any atom is 0.159 e. The second-order valence-corrected chi connectivity index (χ2v) is 19.3. The Bertz CT molecular complexity index is 3890.